The molecule has 1 saturated heterocycles. The van der Waals surface area contributed by atoms with Gasteiger partial charge in [-0.1, -0.05) is 29.8 Å². The maximum absolute atomic E-state index is 13.4. The maximum Gasteiger partial charge on any atom is 0.257 e. The van der Waals surface area contributed by atoms with E-state index < -0.39 is 0 Å². The molecule has 6 heteroatoms. The fourth-order valence-electron chi connectivity index (χ4n) is 3.74. The summed E-state index contributed by atoms with van der Waals surface area (Å²) in [6.45, 7) is 5.81. The van der Waals surface area contributed by atoms with E-state index in [-0.39, 0.29) is 11.9 Å². The molecule has 0 bridgehead atoms. The Bertz CT molecular complexity index is 845. The van der Waals surface area contributed by atoms with Crippen LogP contribution in [-0.4, -0.2) is 48.6 Å². The molecule has 1 fully saturated rings. The summed E-state index contributed by atoms with van der Waals surface area (Å²) in [5.74, 6) is 0.691. The van der Waals surface area contributed by atoms with Gasteiger partial charge in [-0.05, 0) is 42.3 Å². The number of aromatic nitrogens is 1. The van der Waals surface area contributed by atoms with Crippen molar-refractivity contribution in [2.24, 2.45) is 0 Å². The zero-order valence-electron chi connectivity index (χ0n) is 15.3. The molecule has 2 aliphatic heterocycles. The lowest BCUT2D eigenvalue weighted by molar-refractivity contribution is -0.115. The zero-order valence-corrected chi connectivity index (χ0v) is 16.0. The van der Waals surface area contributed by atoms with E-state index in [9.17, 15) is 4.79 Å². The van der Waals surface area contributed by atoms with Crippen LogP contribution in [0.5, 0.6) is 0 Å². The smallest absolute Gasteiger partial charge is 0.257 e. The van der Waals surface area contributed by atoms with Crippen LogP contribution in [0, 0.1) is 0 Å². The van der Waals surface area contributed by atoms with E-state index in [0.29, 0.717) is 30.6 Å². The van der Waals surface area contributed by atoms with Gasteiger partial charge in [0.05, 0.1) is 19.3 Å². The molecule has 27 heavy (non-hydrogen) atoms. The van der Waals surface area contributed by atoms with Gasteiger partial charge in [-0.15, -0.1) is 0 Å². The minimum atomic E-state index is -0.166. The average molecular weight is 384 g/mol. The molecule has 5 nitrogen and oxygen atoms in total. The van der Waals surface area contributed by atoms with Crippen molar-refractivity contribution in [2.45, 2.75) is 13.0 Å². The van der Waals surface area contributed by atoms with Gasteiger partial charge in [0.1, 0.15) is 5.82 Å². The van der Waals surface area contributed by atoms with Crippen LogP contribution in [0.25, 0.3) is 0 Å². The molecule has 2 aromatic rings. The van der Waals surface area contributed by atoms with Gasteiger partial charge >= 0.3 is 0 Å². The fourth-order valence-corrected chi connectivity index (χ4v) is 3.87. The maximum atomic E-state index is 13.4. The highest BCUT2D eigenvalue weighted by Crippen LogP contribution is 2.40. The Morgan fingerprint density at radius 1 is 1.15 bits per heavy atom. The monoisotopic (exact) mass is 383 g/mol. The summed E-state index contributed by atoms with van der Waals surface area (Å²) in [4.78, 5) is 21.9. The van der Waals surface area contributed by atoms with Crippen LogP contribution in [-0.2, 0) is 9.53 Å². The second-order valence-corrected chi connectivity index (χ2v) is 7.30. The van der Waals surface area contributed by atoms with Crippen molar-refractivity contribution < 1.29 is 9.53 Å². The van der Waals surface area contributed by atoms with E-state index in [0.717, 1.165) is 29.8 Å². The quantitative estimate of drug-likeness (QED) is 0.811. The second-order valence-electron chi connectivity index (χ2n) is 6.87. The van der Waals surface area contributed by atoms with Crippen LogP contribution < -0.4 is 4.90 Å². The van der Waals surface area contributed by atoms with Gasteiger partial charge in [0, 0.05) is 36.4 Å². The van der Waals surface area contributed by atoms with E-state index >= 15 is 0 Å². The van der Waals surface area contributed by atoms with Gasteiger partial charge in [-0.25, -0.2) is 4.98 Å². The lowest BCUT2D eigenvalue weighted by Crippen LogP contribution is -2.39. The number of pyridine rings is 1. The highest BCUT2D eigenvalue weighted by Gasteiger charge is 2.40. The van der Waals surface area contributed by atoms with Crippen molar-refractivity contribution >= 4 is 23.3 Å². The number of carbonyl (C=O) groups excluding carboxylic acids is 1. The molecule has 3 heterocycles. The van der Waals surface area contributed by atoms with Crippen molar-refractivity contribution in [3.63, 3.8) is 0 Å². The van der Waals surface area contributed by atoms with Crippen LogP contribution >= 0.6 is 11.6 Å². The number of hydrogen-bond donors (Lipinski definition) is 0. The summed E-state index contributed by atoms with van der Waals surface area (Å²) in [5, 5.41) is 0.683. The van der Waals surface area contributed by atoms with Gasteiger partial charge in [0.2, 0.25) is 0 Å². The van der Waals surface area contributed by atoms with Crippen molar-refractivity contribution in [3.8, 4) is 0 Å². The van der Waals surface area contributed by atoms with Crippen molar-refractivity contribution in [2.75, 3.05) is 37.7 Å². The normalized spacial score (nSPS) is 21.2. The van der Waals surface area contributed by atoms with E-state index in [2.05, 4.69) is 16.8 Å². The first-order valence-electron chi connectivity index (χ1n) is 9.15. The predicted octanol–water partition coefficient (Wildman–Crippen LogP) is 3.47. The molecule has 0 N–H and O–H groups in total. The first-order valence-corrected chi connectivity index (χ1v) is 9.53. The summed E-state index contributed by atoms with van der Waals surface area (Å²) >= 11 is 6.07. The molecule has 1 aromatic carbocycles. The first kappa shape index (κ1) is 18.2. The van der Waals surface area contributed by atoms with Crippen LogP contribution in [0.4, 0.5) is 5.82 Å². The number of rotatable bonds is 4. The van der Waals surface area contributed by atoms with Gasteiger partial charge < -0.3 is 4.74 Å². The molecule has 0 unspecified atom stereocenters. The Morgan fingerprint density at radius 3 is 2.56 bits per heavy atom. The Morgan fingerprint density at radius 2 is 1.89 bits per heavy atom. The standard InChI is InChI=1S/C21H22ClN3O2/c1-15-18(14-24-10-12-27-13-11-24)21(26)25(19-4-2-3-9-23-19)20(15)16-5-7-17(22)8-6-16/h2-9,20H,10-14H2,1H3/t20-/m0/s1. The molecule has 4 rings (SSSR count). The highest BCUT2D eigenvalue weighted by molar-refractivity contribution is 6.30. The van der Waals surface area contributed by atoms with Gasteiger partial charge in [0.15, 0.2) is 0 Å². The van der Waals surface area contributed by atoms with E-state index in [1.54, 1.807) is 11.1 Å². The largest absolute Gasteiger partial charge is 0.379 e. The molecule has 0 aliphatic carbocycles. The van der Waals surface area contributed by atoms with Crippen molar-refractivity contribution in [1.29, 1.82) is 0 Å². The summed E-state index contributed by atoms with van der Waals surface area (Å²) in [6.07, 6.45) is 1.72. The van der Waals surface area contributed by atoms with E-state index in [1.165, 1.54) is 0 Å². The van der Waals surface area contributed by atoms with Gasteiger partial charge in [0.25, 0.3) is 5.91 Å². The van der Waals surface area contributed by atoms with Crippen LogP contribution in [0.15, 0.2) is 59.8 Å². The molecule has 1 aromatic heterocycles. The minimum absolute atomic E-state index is 0.0256. The summed E-state index contributed by atoms with van der Waals surface area (Å²) in [5.41, 5.74) is 2.95. The number of halogens is 1. The molecule has 1 amide bonds. The third kappa shape index (κ3) is 3.63. The van der Waals surface area contributed by atoms with Crippen LogP contribution in [0.1, 0.15) is 18.5 Å². The Hall–Kier alpha value is -2.21. The first-order chi connectivity index (χ1) is 13.1. The highest BCUT2D eigenvalue weighted by atomic mass is 35.5. The van der Waals surface area contributed by atoms with Gasteiger partial charge in [-0.2, -0.15) is 0 Å². The van der Waals surface area contributed by atoms with E-state index in [1.807, 2.05) is 42.5 Å². The average Bonchev–Trinajstić information content (AvgIpc) is 2.95. The number of hydrogen-bond acceptors (Lipinski definition) is 4. The molecular weight excluding hydrogens is 362 g/mol. The number of carbonyl (C=O) groups is 1. The molecule has 140 valence electrons. The molecular formula is C21H22ClN3O2. The number of morpholine rings is 1. The minimum Gasteiger partial charge on any atom is -0.379 e. The Kier molecular flexibility index (Phi) is 5.25. The predicted molar refractivity (Wildman–Crippen MR) is 106 cm³/mol. The van der Waals surface area contributed by atoms with Crippen molar-refractivity contribution in [1.82, 2.24) is 9.88 Å². The third-order valence-corrected chi connectivity index (χ3v) is 5.44. The summed E-state index contributed by atoms with van der Waals surface area (Å²) < 4.78 is 5.43. The number of benzene rings is 1. The van der Waals surface area contributed by atoms with Gasteiger partial charge in [-0.3, -0.25) is 14.6 Å². The Labute approximate surface area is 164 Å². The lowest BCUT2D eigenvalue weighted by Gasteiger charge is -2.27. The second kappa shape index (κ2) is 7.80. The van der Waals surface area contributed by atoms with Crippen molar-refractivity contribution in [3.05, 3.63) is 70.4 Å². The number of amides is 1. The van der Waals surface area contributed by atoms with Crippen LogP contribution in [0.3, 0.4) is 0 Å². The summed E-state index contributed by atoms with van der Waals surface area (Å²) in [6, 6.07) is 13.2. The molecule has 2 aliphatic rings. The molecule has 0 spiro atoms. The van der Waals surface area contributed by atoms with E-state index in [4.69, 9.17) is 16.3 Å². The summed E-state index contributed by atoms with van der Waals surface area (Å²) in [7, 11) is 0. The molecule has 0 saturated carbocycles. The fraction of sp³-hybridized carbons (Fsp3) is 0.333. The van der Waals surface area contributed by atoms with Crippen LogP contribution in [0.2, 0.25) is 5.02 Å². The zero-order chi connectivity index (χ0) is 18.8. The molecule has 1 atom stereocenters. The topological polar surface area (TPSA) is 45.7 Å². The number of nitrogens with zero attached hydrogens (tertiary/aromatic N) is 3. The lowest BCUT2D eigenvalue weighted by atomic mass is 9.98. The third-order valence-electron chi connectivity index (χ3n) is 5.19. The SMILES string of the molecule is CC1=C(CN2CCOCC2)C(=O)N(c2ccccn2)[C@@H]1c1ccc(Cl)cc1. The number of ether oxygens (including phenoxy) is 1. The number of anilines is 1. The molecule has 0 radical (unpaired) electrons. The Balaban J connectivity index is 1.72.